The van der Waals surface area contributed by atoms with E-state index in [4.69, 9.17) is 27.9 Å². The average molecular weight is 346 g/mol. The van der Waals surface area contributed by atoms with Crippen LogP contribution in [0.4, 0.5) is 0 Å². The van der Waals surface area contributed by atoms with Crippen molar-refractivity contribution in [2.45, 2.75) is 30.7 Å². The van der Waals surface area contributed by atoms with Crippen molar-refractivity contribution in [3.05, 3.63) is 28.2 Å². The predicted molar refractivity (Wildman–Crippen MR) is 82.8 cm³/mol. The molecule has 4 nitrogen and oxygen atoms in total. The average Bonchev–Trinajstić information content (AvgIpc) is 2.92. The zero-order chi connectivity index (χ0) is 15.2. The topological polar surface area (TPSA) is 46.6 Å². The number of rotatable bonds is 2. The Morgan fingerprint density at radius 3 is 3.00 bits per heavy atom. The summed E-state index contributed by atoms with van der Waals surface area (Å²) in [6.45, 7) is 1.99. The number of hydrogen-bond acceptors (Lipinski definition) is 4. The van der Waals surface area contributed by atoms with Gasteiger partial charge in [0, 0.05) is 12.2 Å². The molecule has 1 aromatic carbocycles. The van der Waals surface area contributed by atoms with Crippen LogP contribution in [0, 0.1) is 0 Å². The molecule has 2 aliphatic rings. The van der Waals surface area contributed by atoms with Crippen molar-refractivity contribution in [1.29, 1.82) is 0 Å². The summed E-state index contributed by atoms with van der Waals surface area (Å²) in [4.78, 5) is 25.7. The molecule has 1 amide bonds. The van der Waals surface area contributed by atoms with E-state index in [1.54, 1.807) is 34.9 Å². The summed E-state index contributed by atoms with van der Waals surface area (Å²) in [5, 5.41) is 0.526. The molecule has 21 heavy (non-hydrogen) atoms. The summed E-state index contributed by atoms with van der Waals surface area (Å²) in [5.74, 6) is 0.297. The van der Waals surface area contributed by atoms with Crippen LogP contribution in [0.2, 0.25) is 10.0 Å². The Hall–Kier alpha value is -0.910. The molecule has 2 saturated heterocycles. The molecular formula is C14H13Cl2NO3S. The summed E-state index contributed by atoms with van der Waals surface area (Å²) >= 11 is 13.5. The van der Waals surface area contributed by atoms with Crippen LogP contribution in [0.3, 0.4) is 0 Å². The summed E-state index contributed by atoms with van der Waals surface area (Å²) in [6, 6.07) is 4.29. The van der Waals surface area contributed by atoms with Crippen LogP contribution in [0.1, 0.15) is 19.8 Å². The molecule has 1 aromatic rings. The minimum Gasteiger partial charge on any atom is -0.423 e. The lowest BCUT2D eigenvalue weighted by Crippen LogP contribution is -2.47. The van der Waals surface area contributed by atoms with Gasteiger partial charge in [-0.1, -0.05) is 29.3 Å². The number of benzene rings is 1. The third-order valence-corrected chi connectivity index (χ3v) is 6.15. The van der Waals surface area contributed by atoms with Crippen molar-refractivity contribution in [3.63, 3.8) is 0 Å². The van der Waals surface area contributed by atoms with Gasteiger partial charge < -0.3 is 9.64 Å². The van der Waals surface area contributed by atoms with Crippen LogP contribution >= 0.6 is 35.0 Å². The van der Waals surface area contributed by atoms with E-state index in [-0.39, 0.29) is 21.6 Å². The Labute approximate surface area is 136 Å². The SMILES string of the molecule is C[C@@]12CCC(=O)N1[C@@H](C(=O)Oc1cccc(Cl)c1Cl)CS2. The number of ether oxygens (including phenoxy) is 1. The third-order valence-electron chi connectivity index (χ3n) is 3.84. The van der Waals surface area contributed by atoms with Crippen molar-refractivity contribution in [2.24, 2.45) is 0 Å². The largest absolute Gasteiger partial charge is 0.423 e. The number of fused-ring (bicyclic) bond motifs is 1. The number of carbonyl (C=O) groups is 2. The third kappa shape index (κ3) is 2.51. The van der Waals surface area contributed by atoms with Gasteiger partial charge in [-0.05, 0) is 25.5 Å². The van der Waals surface area contributed by atoms with E-state index in [1.165, 1.54) is 0 Å². The fourth-order valence-electron chi connectivity index (χ4n) is 2.73. The van der Waals surface area contributed by atoms with Gasteiger partial charge in [0.05, 0.1) is 9.89 Å². The number of nitrogens with zero attached hydrogens (tertiary/aromatic N) is 1. The molecular weight excluding hydrogens is 333 g/mol. The van der Waals surface area contributed by atoms with Crippen LogP contribution in [0.25, 0.3) is 0 Å². The molecule has 7 heteroatoms. The molecule has 2 atom stereocenters. The molecule has 0 bridgehead atoms. The fourth-order valence-corrected chi connectivity index (χ4v) is 4.48. The smallest absolute Gasteiger partial charge is 0.335 e. The predicted octanol–water partition coefficient (Wildman–Crippen LogP) is 3.35. The standard InChI is InChI=1S/C14H13Cl2NO3S/c1-14-6-5-11(18)17(14)9(7-21-14)13(19)20-10-4-2-3-8(15)12(10)16/h2-4,9H,5-7H2,1H3/t9-,14-/m1/s1. The van der Waals surface area contributed by atoms with Gasteiger partial charge in [0.15, 0.2) is 5.75 Å². The van der Waals surface area contributed by atoms with Crippen molar-refractivity contribution in [3.8, 4) is 5.75 Å². The van der Waals surface area contributed by atoms with E-state index in [2.05, 4.69) is 0 Å². The second kappa shape index (κ2) is 5.38. The van der Waals surface area contributed by atoms with E-state index < -0.39 is 12.0 Å². The molecule has 0 aromatic heterocycles. The molecule has 2 fully saturated rings. The Morgan fingerprint density at radius 2 is 2.24 bits per heavy atom. The molecule has 2 heterocycles. The molecule has 3 rings (SSSR count). The summed E-state index contributed by atoms with van der Waals surface area (Å²) in [5.41, 5.74) is 0. The molecule has 0 N–H and O–H groups in total. The van der Waals surface area contributed by atoms with E-state index in [0.717, 1.165) is 6.42 Å². The van der Waals surface area contributed by atoms with Crippen LogP contribution in [0.5, 0.6) is 5.75 Å². The quantitative estimate of drug-likeness (QED) is 0.609. The van der Waals surface area contributed by atoms with Crippen molar-refractivity contribution >= 4 is 46.8 Å². The van der Waals surface area contributed by atoms with Crippen LogP contribution < -0.4 is 4.74 Å². The Bertz CT molecular complexity index is 624. The number of halogens is 2. The lowest BCUT2D eigenvalue weighted by atomic mass is 10.2. The van der Waals surface area contributed by atoms with Gasteiger partial charge in [-0.25, -0.2) is 4.79 Å². The molecule has 0 saturated carbocycles. The molecule has 112 valence electrons. The summed E-state index contributed by atoms with van der Waals surface area (Å²) < 4.78 is 5.35. The first kappa shape index (κ1) is 15.0. The van der Waals surface area contributed by atoms with Gasteiger partial charge in [0.25, 0.3) is 0 Å². The highest BCUT2D eigenvalue weighted by atomic mass is 35.5. The maximum atomic E-state index is 12.4. The number of amides is 1. The van der Waals surface area contributed by atoms with Crippen LogP contribution in [0.15, 0.2) is 18.2 Å². The van der Waals surface area contributed by atoms with Crippen LogP contribution in [-0.4, -0.2) is 33.4 Å². The second-order valence-corrected chi connectivity index (χ2v) is 7.53. The highest BCUT2D eigenvalue weighted by molar-refractivity contribution is 8.01. The molecule has 0 radical (unpaired) electrons. The van der Waals surface area contributed by atoms with Gasteiger partial charge in [0.1, 0.15) is 11.1 Å². The number of hydrogen-bond donors (Lipinski definition) is 0. The van der Waals surface area contributed by atoms with Gasteiger partial charge in [-0.15, -0.1) is 11.8 Å². The summed E-state index contributed by atoms with van der Waals surface area (Å²) in [6.07, 6.45) is 1.24. The Kier molecular flexibility index (Phi) is 3.84. The van der Waals surface area contributed by atoms with Gasteiger partial charge >= 0.3 is 5.97 Å². The minimum absolute atomic E-state index is 0.00152. The lowest BCUT2D eigenvalue weighted by molar-refractivity contribution is -0.146. The van der Waals surface area contributed by atoms with E-state index in [1.807, 2.05) is 6.92 Å². The first-order chi connectivity index (χ1) is 9.92. The Balaban J connectivity index is 1.80. The van der Waals surface area contributed by atoms with E-state index in [0.29, 0.717) is 17.2 Å². The lowest BCUT2D eigenvalue weighted by Gasteiger charge is -2.29. The number of esters is 1. The maximum absolute atomic E-state index is 12.4. The molecule has 0 spiro atoms. The van der Waals surface area contributed by atoms with Gasteiger partial charge in [-0.3, -0.25) is 4.79 Å². The molecule has 0 aliphatic carbocycles. The number of thioether (sulfide) groups is 1. The van der Waals surface area contributed by atoms with Crippen molar-refractivity contribution in [2.75, 3.05) is 5.75 Å². The van der Waals surface area contributed by atoms with Crippen LogP contribution in [-0.2, 0) is 9.59 Å². The zero-order valence-electron chi connectivity index (χ0n) is 11.3. The highest BCUT2D eigenvalue weighted by Crippen LogP contribution is 2.47. The zero-order valence-corrected chi connectivity index (χ0v) is 13.6. The fraction of sp³-hybridized carbons (Fsp3) is 0.429. The minimum atomic E-state index is -0.565. The monoisotopic (exact) mass is 345 g/mol. The first-order valence-corrected chi connectivity index (χ1v) is 8.28. The maximum Gasteiger partial charge on any atom is 0.335 e. The Morgan fingerprint density at radius 1 is 1.48 bits per heavy atom. The molecule has 2 aliphatic heterocycles. The van der Waals surface area contributed by atoms with Gasteiger partial charge in [0.2, 0.25) is 5.91 Å². The second-order valence-electron chi connectivity index (χ2n) is 5.24. The van der Waals surface area contributed by atoms with Gasteiger partial charge in [-0.2, -0.15) is 0 Å². The van der Waals surface area contributed by atoms with Crippen molar-refractivity contribution < 1.29 is 14.3 Å². The summed E-state index contributed by atoms with van der Waals surface area (Å²) in [7, 11) is 0. The van der Waals surface area contributed by atoms with E-state index in [9.17, 15) is 9.59 Å². The van der Waals surface area contributed by atoms with Crippen molar-refractivity contribution in [1.82, 2.24) is 4.90 Å². The highest BCUT2D eigenvalue weighted by Gasteiger charge is 2.53. The van der Waals surface area contributed by atoms with E-state index >= 15 is 0 Å². The normalized spacial score (nSPS) is 27.9. The first-order valence-electron chi connectivity index (χ1n) is 6.54. The number of carbonyl (C=O) groups excluding carboxylic acids is 2. The molecule has 0 unspecified atom stereocenters.